The topological polar surface area (TPSA) is 0 Å². The highest BCUT2D eigenvalue weighted by Gasteiger charge is 1.96. The molecule has 1 aromatic rings. The number of hydrogen-bond donors (Lipinski definition) is 0. The third-order valence-electron chi connectivity index (χ3n) is 2.13. The summed E-state index contributed by atoms with van der Waals surface area (Å²) < 4.78 is 0. The van der Waals surface area contributed by atoms with Crippen LogP contribution in [-0.4, -0.2) is 0 Å². The van der Waals surface area contributed by atoms with E-state index in [0.717, 1.165) is 0 Å². The smallest absolute Gasteiger partial charge is 0.00453 e. The molecule has 0 radical (unpaired) electrons. The Morgan fingerprint density at radius 1 is 1.25 bits per heavy atom. The van der Waals surface area contributed by atoms with E-state index in [1.165, 1.54) is 37.0 Å². The fraction of sp³-hybridized carbons (Fsp3) is 0.636. The highest BCUT2D eigenvalue weighted by atomic mass is 32.1. The second kappa shape index (κ2) is 5.36. The molecule has 0 aromatic carbocycles. The zero-order chi connectivity index (χ0) is 8.81. The molecule has 0 unspecified atom stereocenters. The molecule has 0 saturated heterocycles. The van der Waals surface area contributed by atoms with Crippen LogP contribution in [0.1, 0.15) is 43.6 Å². The molecule has 0 fully saturated rings. The Kier molecular flexibility index (Phi) is 4.37. The van der Waals surface area contributed by atoms with Gasteiger partial charge in [-0.3, -0.25) is 0 Å². The number of hydrogen-bond acceptors (Lipinski definition) is 1. The fourth-order valence-electron chi connectivity index (χ4n) is 1.32. The van der Waals surface area contributed by atoms with Crippen molar-refractivity contribution in [1.29, 1.82) is 0 Å². The van der Waals surface area contributed by atoms with E-state index in [1.54, 1.807) is 5.56 Å². The van der Waals surface area contributed by atoms with Gasteiger partial charge in [0.1, 0.15) is 0 Å². The Morgan fingerprint density at radius 3 is 2.67 bits per heavy atom. The van der Waals surface area contributed by atoms with Crippen LogP contribution in [0.3, 0.4) is 0 Å². The molecule has 1 rings (SSSR count). The largest absolute Gasteiger partial charge is 0.149 e. The van der Waals surface area contributed by atoms with Crippen LogP contribution in [0.4, 0.5) is 0 Å². The van der Waals surface area contributed by atoms with Crippen molar-refractivity contribution >= 4 is 11.3 Å². The summed E-state index contributed by atoms with van der Waals surface area (Å²) in [7, 11) is 0. The van der Waals surface area contributed by atoms with Gasteiger partial charge in [0.2, 0.25) is 0 Å². The van der Waals surface area contributed by atoms with Gasteiger partial charge >= 0.3 is 0 Å². The zero-order valence-corrected chi connectivity index (χ0v) is 8.91. The summed E-state index contributed by atoms with van der Waals surface area (Å²) in [5.74, 6) is 0. The van der Waals surface area contributed by atoms with Crippen molar-refractivity contribution in [3.63, 3.8) is 0 Å². The van der Waals surface area contributed by atoms with Gasteiger partial charge in [-0.1, -0.05) is 26.7 Å². The molecular formula is C11H18S. The molecule has 1 heterocycles. The van der Waals surface area contributed by atoms with Gasteiger partial charge < -0.3 is 0 Å². The Bertz CT molecular complexity index is 213. The van der Waals surface area contributed by atoms with E-state index in [9.17, 15) is 0 Å². The Morgan fingerprint density at radius 2 is 2.08 bits per heavy atom. The first-order chi connectivity index (χ1) is 5.86. The lowest BCUT2D eigenvalue weighted by Gasteiger charge is -1.94. The molecule has 0 amide bonds. The molecule has 68 valence electrons. The second-order valence-corrected chi connectivity index (χ2v) is 4.23. The highest BCUT2D eigenvalue weighted by molar-refractivity contribution is 7.10. The zero-order valence-electron chi connectivity index (χ0n) is 8.10. The Balaban J connectivity index is 2.31. The van der Waals surface area contributed by atoms with Crippen molar-refractivity contribution in [3.8, 4) is 0 Å². The molecule has 1 heteroatoms. The number of unbranched alkanes of at least 4 members (excludes halogenated alkanes) is 2. The van der Waals surface area contributed by atoms with Crippen molar-refractivity contribution in [2.45, 2.75) is 46.0 Å². The Labute approximate surface area is 79.6 Å². The van der Waals surface area contributed by atoms with Crippen molar-refractivity contribution in [2.24, 2.45) is 0 Å². The molecule has 0 saturated carbocycles. The van der Waals surface area contributed by atoms with E-state index in [4.69, 9.17) is 0 Å². The standard InChI is InChI=1S/C11H18S/c1-3-5-6-7-10-8-11(4-2)12-9-10/h8-9H,3-7H2,1-2H3. The van der Waals surface area contributed by atoms with Crippen molar-refractivity contribution in [1.82, 2.24) is 0 Å². The second-order valence-electron chi connectivity index (χ2n) is 3.23. The third kappa shape index (κ3) is 2.98. The molecule has 0 nitrogen and oxygen atoms in total. The van der Waals surface area contributed by atoms with Gasteiger partial charge in [0.05, 0.1) is 0 Å². The van der Waals surface area contributed by atoms with Crippen molar-refractivity contribution in [3.05, 3.63) is 21.9 Å². The van der Waals surface area contributed by atoms with Crippen LogP contribution in [0.15, 0.2) is 11.4 Å². The summed E-state index contributed by atoms with van der Waals surface area (Å²) >= 11 is 1.91. The van der Waals surface area contributed by atoms with Gasteiger partial charge in [0, 0.05) is 4.88 Å². The molecule has 0 spiro atoms. The third-order valence-corrected chi connectivity index (χ3v) is 3.26. The maximum absolute atomic E-state index is 2.36. The quantitative estimate of drug-likeness (QED) is 0.603. The lowest BCUT2D eigenvalue weighted by molar-refractivity contribution is 0.718. The minimum atomic E-state index is 1.19. The first kappa shape index (κ1) is 9.79. The van der Waals surface area contributed by atoms with Crippen LogP contribution in [0.25, 0.3) is 0 Å². The molecule has 0 aliphatic heterocycles. The first-order valence-electron chi connectivity index (χ1n) is 4.93. The van der Waals surface area contributed by atoms with Crippen LogP contribution >= 0.6 is 11.3 Å². The van der Waals surface area contributed by atoms with Crippen molar-refractivity contribution < 1.29 is 0 Å². The lowest BCUT2D eigenvalue weighted by atomic mass is 10.1. The van der Waals surface area contributed by atoms with Gasteiger partial charge in [0.25, 0.3) is 0 Å². The number of thiophene rings is 1. The summed E-state index contributed by atoms with van der Waals surface area (Å²) in [6, 6.07) is 2.36. The van der Waals surface area contributed by atoms with Gasteiger partial charge in [0.15, 0.2) is 0 Å². The maximum Gasteiger partial charge on any atom is 0.00453 e. The van der Waals surface area contributed by atoms with E-state index in [2.05, 4.69) is 25.3 Å². The summed E-state index contributed by atoms with van der Waals surface area (Å²) in [6.07, 6.45) is 6.53. The normalized spacial score (nSPS) is 10.5. The van der Waals surface area contributed by atoms with E-state index in [0.29, 0.717) is 0 Å². The summed E-state index contributed by atoms with van der Waals surface area (Å²) in [5, 5.41) is 2.31. The van der Waals surface area contributed by atoms with Crippen molar-refractivity contribution in [2.75, 3.05) is 0 Å². The predicted molar refractivity (Wildman–Crippen MR) is 56.9 cm³/mol. The number of rotatable bonds is 5. The molecule has 0 N–H and O–H groups in total. The molecule has 1 aromatic heterocycles. The molecule has 0 aliphatic rings. The molecule has 0 atom stereocenters. The number of aryl methyl sites for hydroxylation is 2. The fourth-order valence-corrected chi connectivity index (χ4v) is 2.20. The average molecular weight is 182 g/mol. The lowest BCUT2D eigenvalue weighted by Crippen LogP contribution is -1.81. The van der Waals surface area contributed by atoms with Crippen LogP contribution < -0.4 is 0 Å². The van der Waals surface area contributed by atoms with E-state index in [-0.39, 0.29) is 0 Å². The molecular weight excluding hydrogens is 164 g/mol. The minimum Gasteiger partial charge on any atom is -0.149 e. The van der Waals surface area contributed by atoms with E-state index in [1.807, 2.05) is 11.3 Å². The van der Waals surface area contributed by atoms with E-state index < -0.39 is 0 Å². The first-order valence-corrected chi connectivity index (χ1v) is 5.81. The molecule has 0 bridgehead atoms. The van der Waals surface area contributed by atoms with Gasteiger partial charge in [-0.25, -0.2) is 0 Å². The van der Waals surface area contributed by atoms with E-state index >= 15 is 0 Å². The maximum atomic E-state index is 2.36. The summed E-state index contributed by atoms with van der Waals surface area (Å²) in [6.45, 7) is 4.48. The monoisotopic (exact) mass is 182 g/mol. The predicted octanol–water partition coefficient (Wildman–Crippen LogP) is 4.04. The molecule has 0 aliphatic carbocycles. The Hall–Kier alpha value is -0.300. The van der Waals surface area contributed by atoms with Gasteiger partial charge in [-0.2, -0.15) is 0 Å². The van der Waals surface area contributed by atoms with Crippen LogP contribution in [-0.2, 0) is 12.8 Å². The summed E-state index contributed by atoms with van der Waals surface area (Å²) in [5.41, 5.74) is 1.55. The average Bonchev–Trinajstić information content (AvgIpc) is 2.53. The van der Waals surface area contributed by atoms with Crippen LogP contribution in [0, 0.1) is 0 Å². The highest BCUT2D eigenvalue weighted by Crippen LogP contribution is 2.17. The van der Waals surface area contributed by atoms with Crippen LogP contribution in [0.5, 0.6) is 0 Å². The van der Waals surface area contributed by atoms with Crippen LogP contribution in [0.2, 0.25) is 0 Å². The minimum absolute atomic E-state index is 1.19. The van der Waals surface area contributed by atoms with Gasteiger partial charge in [-0.15, -0.1) is 11.3 Å². The molecule has 12 heavy (non-hydrogen) atoms. The summed E-state index contributed by atoms with van der Waals surface area (Å²) in [4.78, 5) is 1.53. The van der Waals surface area contributed by atoms with Gasteiger partial charge in [-0.05, 0) is 36.3 Å². The SMILES string of the molecule is CCCCCc1csc(CC)c1.